The SMILES string of the molecule is O=C(/C=N\OCC(=O)Nc1cc(Cl)cc(Cl)c1)Nc1cccc([N+](=O)[O-])c1. The third kappa shape index (κ3) is 6.92. The van der Waals surface area contributed by atoms with Gasteiger partial charge in [-0.25, -0.2) is 0 Å². The number of anilines is 2. The van der Waals surface area contributed by atoms with Crippen molar-refractivity contribution in [1.82, 2.24) is 0 Å². The normalized spacial score (nSPS) is 10.4. The summed E-state index contributed by atoms with van der Waals surface area (Å²) in [6.07, 6.45) is 0.794. The summed E-state index contributed by atoms with van der Waals surface area (Å²) >= 11 is 11.6. The number of carbonyl (C=O) groups is 2. The minimum atomic E-state index is -0.683. The van der Waals surface area contributed by atoms with Crippen LogP contribution in [-0.4, -0.2) is 29.6 Å². The van der Waals surface area contributed by atoms with Crippen molar-refractivity contribution in [2.75, 3.05) is 17.2 Å². The van der Waals surface area contributed by atoms with E-state index in [9.17, 15) is 19.7 Å². The molecule has 0 aliphatic carbocycles. The molecule has 0 atom stereocenters. The van der Waals surface area contributed by atoms with Gasteiger partial charge in [-0.05, 0) is 24.3 Å². The zero-order valence-corrected chi connectivity index (χ0v) is 15.0. The van der Waals surface area contributed by atoms with Gasteiger partial charge in [-0.2, -0.15) is 0 Å². The molecule has 140 valence electrons. The molecular weight excluding hydrogens is 399 g/mol. The van der Waals surface area contributed by atoms with Gasteiger partial charge in [0.15, 0.2) is 6.61 Å². The number of benzene rings is 2. The molecule has 2 rings (SSSR count). The van der Waals surface area contributed by atoms with E-state index in [0.717, 1.165) is 6.21 Å². The van der Waals surface area contributed by atoms with E-state index >= 15 is 0 Å². The van der Waals surface area contributed by atoms with E-state index in [1.165, 1.54) is 42.5 Å². The van der Waals surface area contributed by atoms with E-state index in [0.29, 0.717) is 15.7 Å². The number of rotatable bonds is 7. The van der Waals surface area contributed by atoms with Crippen molar-refractivity contribution >= 4 is 58.3 Å². The second kappa shape index (κ2) is 9.51. The topological polar surface area (TPSA) is 123 Å². The molecule has 0 spiro atoms. The van der Waals surface area contributed by atoms with Gasteiger partial charge in [0.2, 0.25) is 0 Å². The Morgan fingerprint density at radius 3 is 2.48 bits per heavy atom. The number of nitro benzene ring substituents is 1. The largest absolute Gasteiger partial charge is 0.385 e. The number of nitrogens with zero attached hydrogens (tertiary/aromatic N) is 2. The Labute approximate surface area is 163 Å². The van der Waals surface area contributed by atoms with Gasteiger partial charge in [0.1, 0.15) is 6.21 Å². The van der Waals surface area contributed by atoms with Crippen LogP contribution in [0.5, 0.6) is 0 Å². The molecule has 0 bridgehead atoms. The molecule has 0 aliphatic rings. The van der Waals surface area contributed by atoms with Gasteiger partial charge in [-0.1, -0.05) is 34.4 Å². The molecule has 27 heavy (non-hydrogen) atoms. The van der Waals surface area contributed by atoms with Crippen LogP contribution in [0.3, 0.4) is 0 Å². The van der Waals surface area contributed by atoms with E-state index < -0.39 is 23.3 Å². The number of hydrogen-bond acceptors (Lipinski definition) is 6. The van der Waals surface area contributed by atoms with Gasteiger partial charge in [0, 0.05) is 33.6 Å². The summed E-state index contributed by atoms with van der Waals surface area (Å²) in [4.78, 5) is 38.2. The second-order valence-corrected chi connectivity index (χ2v) is 5.88. The van der Waals surface area contributed by atoms with Crippen molar-refractivity contribution in [2.24, 2.45) is 5.16 Å². The number of nitro groups is 1. The quantitative estimate of drug-likeness (QED) is 0.410. The lowest BCUT2D eigenvalue weighted by molar-refractivity contribution is -0.384. The molecule has 2 aromatic carbocycles. The summed E-state index contributed by atoms with van der Waals surface area (Å²) < 4.78 is 0. The lowest BCUT2D eigenvalue weighted by Crippen LogP contribution is -2.18. The number of carbonyl (C=O) groups excluding carboxylic acids is 2. The number of hydrogen-bond donors (Lipinski definition) is 2. The zero-order chi connectivity index (χ0) is 19.8. The third-order valence-corrected chi connectivity index (χ3v) is 3.35. The number of non-ortho nitro benzene ring substituents is 1. The maximum Gasteiger partial charge on any atom is 0.271 e. The average molecular weight is 411 g/mol. The Balaban J connectivity index is 1.79. The molecule has 2 aromatic rings. The fourth-order valence-corrected chi connectivity index (χ4v) is 2.40. The van der Waals surface area contributed by atoms with Crippen LogP contribution in [-0.2, 0) is 14.4 Å². The van der Waals surface area contributed by atoms with Gasteiger partial charge < -0.3 is 15.5 Å². The molecule has 2 amide bonds. The monoisotopic (exact) mass is 410 g/mol. The van der Waals surface area contributed by atoms with Crippen LogP contribution in [0.25, 0.3) is 0 Å². The van der Waals surface area contributed by atoms with Crippen LogP contribution in [0.15, 0.2) is 47.6 Å². The average Bonchev–Trinajstić information content (AvgIpc) is 2.58. The lowest BCUT2D eigenvalue weighted by atomic mass is 10.3. The highest BCUT2D eigenvalue weighted by atomic mass is 35.5. The van der Waals surface area contributed by atoms with Crippen molar-refractivity contribution in [3.8, 4) is 0 Å². The van der Waals surface area contributed by atoms with Crippen molar-refractivity contribution in [1.29, 1.82) is 0 Å². The van der Waals surface area contributed by atoms with Crippen molar-refractivity contribution in [3.63, 3.8) is 0 Å². The van der Waals surface area contributed by atoms with Crippen LogP contribution in [0.1, 0.15) is 0 Å². The first-order chi connectivity index (χ1) is 12.8. The number of nitrogens with one attached hydrogen (secondary N) is 2. The summed E-state index contributed by atoms with van der Waals surface area (Å²) in [5, 5.41) is 19.6. The molecule has 0 radical (unpaired) electrons. The molecule has 2 N–H and O–H groups in total. The fraction of sp³-hybridized carbons (Fsp3) is 0.0625. The van der Waals surface area contributed by atoms with E-state index in [1.807, 2.05) is 0 Å². The Hall–Kier alpha value is -3.17. The maximum atomic E-state index is 11.7. The Morgan fingerprint density at radius 1 is 1.11 bits per heavy atom. The highest BCUT2D eigenvalue weighted by Crippen LogP contribution is 2.22. The van der Waals surface area contributed by atoms with Crippen molar-refractivity contribution in [2.45, 2.75) is 0 Å². The highest BCUT2D eigenvalue weighted by Gasteiger charge is 2.08. The summed E-state index contributed by atoms with van der Waals surface area (Å²) in [7, 11) is 0. The van der Waals surface area contributed by atoms with Crippen molar-refractivity contribution in [3.05, 3.63) is 62.6 Å². The first kappa shape index (κ1) is 20.1. The summed E-state index contributed by atoms with van der Waals surface area (Å²) in [5.74, 6) is -1.22. The lowest BCUT2D eigenvalue weighted by Gasteiger charge is -2.05. The summed E-state index contributed by atoms with van der Waals surface area (Å²) in [5.41, 5.74) is 0.434. The molecule has 0 saturated carbocycles. The summed E-state index contributed by atoms with van der Waals surface area (Å²) in [6, 6.07) is 9.90. The van der Waals surface area contributed by atoms with Crippen LogP contribution in [0.2, 0.25) is 10.0 Å². The van der Waals surface area contributed by atoms with Gasteiger partial charge in [0.25, 0.3) is 17.5 Å². The Morgan fingerprint density at radius 2 is 1.81 bits per heavy atom. The molecule has 9 nitrogen and oxygen atoms in total. The van der Waals surface area contributed by atoms with Gasteiger partial charge >= 0.3 is 0 Å². The van der Waals surface area contributed by atoms with E-state index in [1.54, 1.807) is 0 Å². The first-order valence-electron chi connectivity index (χ1n) is 7.30. The molecule has 0 saturated heterocycles. The summed E-state index contributed by atoms with van der Waals surface area (Å²) in [6.45, 7) is -0.454. The predicted octanol–water partition coefficient (Wildman–Crippen LogP) is 3.48. The van der Waals surface area contributed by atoms with Gasteiger partial charge in [0.05, 0.1) is 4.92 Å². The molecule has 0 unspecified atom stereocenters. The molecule has 0 heterocycles. The predicted molar refractivity (Wildman–Crippen MR) is 101 cm³/mol. The number of halogens is 2. The highest BCUT2D eigenvalue weighted by molar-refractivity contribution is 6.35. The molecule has 0 fully saturated rings. The van der Waals surface area contributed by atoms with E-state index in [2.05, 4.69) is 15.8 Å². The van der Waals surface area contributed by atoms with Crippen LogP contribution >= 0.6 is 23.2 Å². The second-order valence-electron chi connectivity index (χ2n) is 5.01. The van der Waals surface area contributed by atoms with Crippen molar-refractivity contribution < 1.29 is 19.3 Å². The van der Waals surface area contributed by atoms with Gasteiger partial charge in [-0.15, -0.1) is 0 Å². The van der Waals surface area contributed by atoms with E-state index in [4.69, 9.17) is 28.0 Å². The Kier molecular flexibility index (Phi) is 7.09. The smallest absolute Gasteiger partial charge is 0.271 e. The van der Waals surface area contributed by atoms with E-state index in [-0.39, 0.29) is 11.4 Å². The molecular formula is C16H12Cl2N4O5. The minimum absolute atomic E-state index is 0.168. The molecule has 11 heteroatoms. The first-order valence-corrected chi connectivity index (χ1v) is 8.06. The fourth-order valence-electron chi connectivity index (χ4n) is 1.88. The number of amides is 2. The minimum Gasteiger partial charge on any atom is -0.385 e. The molecule has 0 aromatic heterocycles. The van der Waals surface area contributed by atoms with Crippen LogP contribution in [0.4, 0.5) is 17.1 Å². The number of oxime groups is 1. The van der Waals surface area contributed by atoms with Gasteiger partial charge in [-0.3, -0.25) is 19.7 Å². The Bertz CT molecular complexity index is 884. The van der Waals surface area contributed by atoms with Crippen LogP contribution < -0.4 is 10.6 Å². The zero-order valence-electron chi connectivity index (χ0n) is 13.5. The van der Waals surface area contributed by atoms with Crippen LogP contribution in [0, 0.1) is 10.1 Å². The molecule has 0 aliphatic heterocycles. The maximum absolute atomic E-state index is 11.7. The third-order valence-electron chi connectivity index (χ3n) is 2.91. The standard InChI is InChI=1S/C16H12Cl2N4O5/c17-10-4-11(18)6-13(5-10)21-16(24)9-27-19-8-15(23)20-12-2-1-3-14(7-12)22(25)26/h1-8H,9H2,(H,20,23)(H,21,24)/b19-8-.